The molecule has 0 rings (SSSR count). The molecule has 0 heterocycles. The fourth-order valence-corrected chi connectivity index (χ4v) is 0.832. The predicted octanol–water partition coefficient (Wildman–Crippen LogP) is 0.584. The molecule has 0 N–H and O–H groups in total. The van der Waals surface area contributed by atoms with Crippen LogP contribution in [0.25, 0.3) is 0 Å². The van der Waals surface area contributed by atoms with Crippen molar-refractivity contribution in [2.24, 2.45) is 0 Å². The van der Waals surface area contributed by atoms with Gasteiger partial charge >= 0.3 is 0 Å². The van der Waals surface area contributed by atoms with Crippen LogP contribution in [-0.2, 0) is 14.3 Å². The van der Waals surface area contributed by atoms with Gasteiger partial charge in [-0.05, 0) is 19.4 Å². The van der Waals surface area contributed by atoms with Crippen LogP contribution in [0, 0.1) is 0 Å². The Morgan fingerprint density at radius 1 is 1.54 bits per heavy atom. The average molecular weight is 185 g/mol. The maximum Gasteiger partial charge on any atom is 0.252 e. The van der Waals surface area contributed by atoms with E-state index in [1.54, 1.807) is 20.1 Å². The van der Waals surface area contributed by atoms with Gasteiger partial charge in [-0.2, -0.15) is 0 Å². The summed E-state index contributed by atoms with van der Waals surface area (Å²) in [5.41, 5.74) is 0. The van der Waals surface area contributed by atoms with Gasteiger partial charge in [0.05, 0.1) is 0 Å². The minimum atomic E-state index is -0.284. The molecule has 0 aromatic carbocycles. The van der Waals surface area contributed by atoms with Gasteiger partial charge in [0.2, 0.25) is 6.41 Å². The van der Waals surface area contributed by atoms with Crippen molar-refractivity contribution >= 4 is 12.3 Å². The van der Waals surface area contributed by atoms with E-state index in [2.05, 4.69) is 0 Å². The highest BCUT2D eigenvalue weighted by molar-refractivity contribution is 5.94. The highest BCUT2D eigenvalue weighted by Gasteiger charge is 2.07. The standard InChI is InChI=1S/C9H15NO3/c1-3-5-9(12)10(8-11)6-4-7-13-2/h3,5,8H,4,6-7H2,1-2H3/b5-3-. The number of nitrogens with zero attached hydrogens (tertiary/aromatic N) is 1. The summed E-state index contributed by atoms with van der Waals surface area (Å²) in [6, 6.07) is 0. The van der Waals surface area contributed by atoms with Crippen molar-refractivity contribution in [1.82, 2.24) is 4.90 Å². The Morgan fingerprint density at radius 3 is 2.69 bits per heavy atom. The quantitative estimate of drug-likeness (QED) is 0.345. The number of allylic oxidation sites excluding steroid dienone is 1. The summed E-state index contributed by atoms with van der Waals surface area (Å²) in [7, 11) is 1.58. The number of amides is 2. The van der Waals surface area contributed by atoms with Gasteiger partial charge in [0.25, 0.3) is 5.91 Å². The lowest BCUT2D eigenvalue weighted by Crippen LogP contribution is -2.29. The van der Waals surface area contributed by atoms with Gasteiger partial charge in [0.15, 0.2) is 0 Å². The number of hydrogen-bond acceptors (Lipinski definition) is 3. The second kappa shape index (κ2) is 7.49. The van der Waals surface area contributed by atoms with Gasteiger partial charge < -0.3 is 4.74 Å². The number of rotatable bonds is 6. The van der Waals surface area contributed by atoms with Gasteiger partial charge in [0.1, 0.15) is 0 Å². The summed E-state index contributed by atoms with van der Waals surface area (Å²) < 4.78 is 4.80. The molecule has 0 spiro atoms. The molecule has 0 saturated heterocycles. The second-order valence-electron chi connectivity index (χ2n) is 2.48. The third kappa shape index (κ3) is 5.14. The fourth-order valence-electron chi connectivity index (χ4n) is 0.832. The number of ether oxygens (including phenoxy) is 1. The molecule has 2 amide bonds. The Bertz CT molecular complexity index is 189. The van der Waals surface area contributed by atoms with Crippen molar-refractivity contribution in [3.05, 3.63) is 12.2 Å². The fraction of sp³-hybridized carbons (Fsp3) is 0.556. The van der Waals surface area contributed by atoms with Crippen LogP contribution in [0.4, 0.5) is 0 Å². The third-order valence-corrected chi connectivity index (χ3v) is 1.47. The summed E-state index contributed by atoms with van der Waals surface area (Å²) in [6.07, 6.45) is 4.17. The average Bonchev–Trinajstić information content (AvgIpc) is 2.13. The molecule has 0 saturated carbocycles. The van der Waals surface area contributed by atoms with E-state index < -0.39 is 0 Å². The van der Waals surface area contributed by atoms with Crippen LogP contribution < -0.4 is 0 Å². The zero-order chi connectivity index (χ0) is 10.1. The van der Waals surface area contributed by atoms with E-state index >= 15 is 0 Å². The molecule has 0 aliphatic rings. The van der Waals surface area contributed by atoms with Crippen LogP contribution >= 0.6 is 0 Å². The second-order valence-corrected chi connectivity index (χ2v) is 2.48. The first-order valence-electron chi connectivity index (χ1n) is 4.13. The lowest BCUT2D eigenvalue weighted by Gasteiger charge is -2.12. The van der Waals surface area contributed by atoms with E-state index in [-0.39, 0.29) is 5.91 Å². The van der Waals surface area contributed by atoms with E-state index in [0.717, 1.165) is 4.90 Å². The summed E-state index contributed by atoms with van der Waals surface area (Å²) in [4.78, 5) is 22.7. The van der Waals surface area contributed by atoms with Gasteiger partial charge in [-0.1, -0.05) is 6.08 Å². The molecule has 4 heteroatoms. The van der Waals surface area contributed by atoms with Crippen LogP contribution in [0.1, 0.15) is 13.3 Å². The van der Waals surface area contributed by atoms with Gasteiger partial charge in [-0.15, -0.1) is 0 Å². The maximum atomic E-state index is 11.1. The molecule has 0 bridgehead atoms. The molecule has 0 unspecified atom stereocenters. The zero-order valence-corrected chi connectivity index (χ0v) is 8.03. The molecule has 0 aliphatic carbocycles. The molecule has 74 valence electrons. The van der Waals surface area contributed by atoms with Crippen molar-refractivity contribution in [1.29, 1.82) is 0 Å². The molecule has 13 heavy (non-hydrogen) atoms. The molecule has 0 radical (unpaired) electrons. The molecular weight excluding hydrogens is 170 g/mol. The Balaban J connectivity index is 3.87. The Kier molecular flexibility index (Phi) is 6.82. The summed E-state index contributed by atoms with van der Waals surface area (Å²) in [5.74, 6) is -0.284. The first-order chi connectivity index (χ1) is 6.26. The van der Waals surface area contributed by atoms with Crippen LogP contribution in [0.3, 0.4) is 0 Å². The van der Waals surface area contributed by atoms with Crippen molar-refractivity contribution in [3.63, 3.8) is 0 Å². The highest BCUT2D eigenvalue weighted by Crippen LogP contribution is 1.91. The van der Waals surface area contributed by atoms with Gasteiger partial charge in [-0.3, -0.25) is 14.5 Å². The molecular formula is C9H15NO3. The topological polar surface area (TPSA) is 46.6 Å². The van der Waals surface area contributed by atoms with Crippen molar-refractivity contribution < 1.29 is 14.3 Å². The Hall–Kier alpha value is -1.16. The van der Waals surface area contributed by atoms with E-state index in [9.17, 15) is 9.59 Å². The molecule has 0 fully saturated rings. The van der Waals surface area contributed by atoms with Crippen LogP contribution in [0.15, 0.2) is 12.2 Å². The number of carbonyl (C=O) groups excluding carboxylic acids is 2. The third-order valence-electron chi connectivity index (χ3n) is 1.47. The van der Waals surface area contributed by atoms with E-state index in [1.165, 1.54) is 6.08 Å². The number of hydrogen-bond donors (Lipinski definition) is 0. The molecule has 0 atom stereocenters. The molecule has 0 aromatic heterocycles. The smallest absolute Gasteiger partial charge is 0.252 e. The monoisotopic (exact) mass is 185 g/mol. The van der Waals surface area contributed by atoms with E-state index in [4.69, 9.17) is 4.74 Å². The van der Waals surface area contributed by atoms with E-state index in [1.807, 2.05) is 0 Å². The summed E-state index contributed by atoms with van der Waals surface area (Å²) in [5, 5.41) is 0. The molecule has 4 nitrogen and oxygen atoms in total. The summed E-state index contributed by atoms with van der Waals surface area (Å²) >= 11 is 0. The SMILES string of the molecule is C/C=C\C(=O)N(C=O)CCCOC. The number of carbonyl (C=O) groups is 2. The maximum absolute atomic E-state index is 11.1. The Labute approximate surface area is 78.2 Å². The molecule has 0 aromatic rings. The van der Waals surface area contributed by atoms with Crippen LogP contribution in [0.2, 0.25) is 0 Å². The normalized spacial score (nSPS) is 10.3. The minimum Gasteiger partial charge on any atom is -0.385 e. The van der Waals surface area contributed by atoms with Crippen molar-refractivity contribution in [3.8, 4) is 0 Å². The number of imide groups is 1. The van der Waals surface area contributed by atoms with Gasteiger partial charge in [-0.25, -0.2) is 0 Å². The zero-order valence-electron chi connectivity index (χ0n) is 8.03. The first-order valence-corrected chi connectivity index (χ1v) is 4.13. The van der Waals surface area contributed by atoms with Crippen LogP contribution in [-0.4, -0.2) is 37.5 Å². The summed E-state index contributed by atoms with van der Waals surface area (Å²) in [6.45, 7) is 2.68. The first kappa shape index (κ1) is 11.8. The lowest BCUT2D eigenvalue weighted by molar-refractivity contribution is -0.134. The molecule has 0 aliphatic heterocycles. The minimum absolute atomic E-state index is 0.284. The number of methoxy groups -OCH3 is 1. The lowest BCUT2D eigenvalue weighted by atomic mass is 10.4. The van der Waals surface area contributed by atoms with Crippen molar-refractivity contribution in [2.75, 3.05) is 20.3 Å². The largest absolute Gasteiger partial charge is 0.385 e. The predicted molar refractivity (Wildman–Crippen MR) is 49.1 cm³/mol. The van der Waals surface area contributed by atoms with Gasteiger partial charge in [0, 0.05) is 20.3 Å². The highest BCUT2D eigenvalue weighted by atomic mass is 16.5. The Morgan fingerprint density at radius 2 is 2.23 bits per heavy atom. The van der Waals surface area contributed by atoms with E-state index in [0.29, 0.717) is 26.0 Å². The van der Waals surface area contributed by atoms with Crippen LogP contribution in [0.5, 0.6) is 0 Å². The van der Waals surface area contributed by atoms with Crippen molar-refractivity contribution in [2.45, 2.75) is 13.3 Å².